The van der Waals surface area contributed by atoms with E-state index in [1.54, 1.807) is 0 Å². The van der Waals surface area contributed by atoms with Crippen LogP contribution in [0.25, 0.3) is 0 Å². The number of thiophene rings is 1. The maximum absolute atomic E-state index is 5.62. The SMILES string of the molecule is CCc1ccc(CNCCCC(C)(C)CCN)s1. The van der Waals surface area contributed by atoms with E-state index in [1.807, 2.05) is 11.3 Å². The van der Waals surface area contributed by atoms with E-state index in [2.05, 4.69) is 38.2 Å². The van der Waals surface area contributed by atoms with Crippen LogP contribution in [0.5, 0.6) is 0 Å². The van der Waals surface area contributed by atoms with Crippen LogP contribution >= 0.6 is 11.3 Å². The third-order valence-corrected chi connectivity index (χ3v) is 4.62. The lowest BCUT2D eigenvalue weighted by atomic mass is 9.84. The molecule has 1 heterocycles. The summed E-state index contributed by atoms with van der Waals surface area (Å²) >= 11 is 1.93. The zero-order chi connectivity index (χ0) is 13.4. The second-order valence-corrected chi connectivity index (χ2v) is 6.96. The molecule has 1 aromatic heterocycles. The van der Waals surface area contributed by atoms with Gasteiger partial charge in [0.1, 0.15) is 0 Å². The van der Waals surface area contributed by atoms with Crippen molar-refractivity contribution >= 4 is 11.3 Å². The van der Waals surface area contributed by atoms with Crippen LogP contribution in [0, 0.1) is 5.41 Å². The minimum Gasteiger partial charge on any atom is -0.330 e. The molecule has 3 N–H and O–H groups in total. The molecular weight excluding hydrogens is 240 g/mol. The van der Waals surface area contributed by atoms with Crippen molar-refractivity contribution in [3.8, 4) is 0 Å². The predicted octanol–water partition coefficient (Wildman–Crippen LogP) is 3.56. The minimum absolute atomic E-state index is 0.398. The van der Waals surface area contributed by atoms with E-state index in [4.69, 9.17) is 5.73 Å². The van der Waals surface area contributed by atoms with Gasteiger partial charge in [-0.25, -0.2) is 0 Å². The largest absolute Gasteiger partial charge is 0.330 e. The Bertz CT molecular complexity index is 331. The first-order valence-corrected chi connectivity index (χ1v) is 7.87. The maximum atomic E-state index is 5.62. The number of hydrogen-bond acceptors (Lipinski definition) is 3. The molecule has 0 saturated carbocycles. The lowest BCUT2D eigenvalue weighted by Crippen LogP contribution is -2.20. The second-order valence-electron chi connectivity index (χ2n) is 5.70. The fraction of sp³-hybridized carbons (Fsp3) is 0.733. The summed E-state index contributed by atoms with van der Waals surface area (Å²) in [5.74, 6) is 0. The van der Waals surface area contributed by atoms with E-state index in [0.29, 0.717) is 5.41 Å². The molecule has 0 unspecified atom stereocenters. The third kappa shape index (κ3) is 5.98. The van der Waals surface area contributed by atoms with Crippen LogP contribution in [0.2, 0.25) is 0 Å². The monoisotopic (exact) mass is 268 g/mol. The lowest BCUT2D eigenvalue weighted by molar-refractivity contribution is 0.302. The van der Waals surface area contributed by atoms with Crippen LogP contribution < -0.4 is 11.1 Å². The van der Waals surface area contributed by atoms with Gasteiger partial charge >= 0.3 is 0 Å². The summed E-state index contributed by atoms with van der Waals surface area (Å²) in [4.78, 5) is 2.93. The summed E-state index contributed by atoms with van der Waals surface area (Å²) in [6.45, 7) is 9.76. The molecule has 0 radical (unpaired) electrons. The van der Waals surface area contributed by atoms with Crippen LogP contribution in [0.3, 0.4) is 0 Å². The van der Waals surface area contributed by atoms with Crippen molar-refractivity contribution in [2.45, 2.75) is 53.0 Å². The molecule has 1 rings (SSSR count). The predicted molar refractivity (Wildman–Crippen MR) is 82.1 cm³/mol. The van der Waals surface area contributed by atoms with Crippen molar-refractivity contribution in [2.24, 2.45) is 11.1 Å². The summed E-state index contributed by atoms with van der Waals surface area (Å²) in [6, 6.07) is 4.49. The summed E-state index contributed by atoms with van der Waals surface area (Å²) in [5, 5.41) is 3.53. The first kappa shape index (κ1) is 15.7. The summed E-state index contributed by atoms with van der Waals surface area (Å²) in [5.41, 5.74) is 6.02. The molecule has 18 heavy (non-hydrogen) atoms. The van der Waals surface area contributed by atoms with E-state index < -0.39 is 0 Å². The summed E-state index contributed by atoms with van der Waals surface area (Å²) < 4.78 is 0. The number of aryl methyl sites for hydroxylation is 1. The third-order valence-electron chi connectivity index (χ3n) is 3.39. The molecule has 0 aliphatic rings. The molecule has 0 aliphatic heterocycles. The topological polar surface area (TPSA) is 38.0 Å². The van der Waals surface area contributed by atoms with E-state index >= 15 is 0 Å². The molecule has 0 bridgehead atoms. The first-order valence-electron chi connectivity index (χ1n) is 7.06. The molecule has 3 heteroatoms. The molecule has 0 aromatic carbocycles. The highest BCUT2D eigenvalue weighted by atomic mass is 32.1. The van der Waals surface area contributed by atoms with Crippen LogP contribution in [0.15, 0.2) is 12.1 Å². The van der Waals surface area contributed by atoms with Gasteiger partial charge in [-0.1, -0.05) is 20.8 Å². The zero-order valence-electron chi connectivity index (χ0n) is 12.1. The highest BCUT2D eigenvalue weighted by Gasteiger charge is 2.15. The fourth-order valence-electron chi connectivity index (χ4n) is 2.13. The second kappa shape index (κ2) is 7.93. The van der Waals surface area contributed by atoms with Gasteiger partial charge in [0, 0.05) is 16.3 Å². The van der Waals surface area contributed by atoms with Crippen LogP contribution in [0.1, 0.15) is 49.8 Å². The molecule has 0 atom stereocenters. The van der Waals surface area contributed by atoms with Gasteiger partial charge in [-0.2, -0.15) is 0 Å². The Hall–Kier alpha value is -0.380. The first-order chi connectivity index (χ1) is 8.57. The highest BCUT2D eigenvalue weighted by molar-refractivity contribution is 7.11. The van der Waals surface area contributed by atoms with Crippen molar-refractivity contribution < 1.29 is 0 Å². The van der Waals surface area contributed by atoms with Gasteiger partial charge in [-0.05, 0) is 56.3 Å². The quantitative estimate of drug-likeness (QED) is 0.672. The Balaban J connectivity index is 2.11. The molecule has 0 spiro atoms. The van der Waals surface area contributed by atoms with Crippen molar-refractivity contribution in [1.82, 2.24) is 5.32 Å². The van der Waals surface area contributed by atoms with E-state index in [0.717, 1.165) is 32.5 Å². The standard InChI is InChI=1S/C15H28N2S/c1-4-13-6-7-14(18-13)12-17-11-5-8-15(2,3)9-10-16/h6-7,17H,4-5,8-12,16H2,1-3H3. The van der Waals surface area contributed by atoms with Crippen molar-refractivity contribution in [3.05, 3.63) is 21.9 Å². The average Bonchev–Trinajstić information content (AvgIpc) is 2.76. The molecule has 104 valence electrons. The highest BCUT2D eigenvalue weighted by Crippen LogP contribution is 2.25. The smallest absolute Gasteiger partial charge is 0.0299 e. The lowest BCUT2D eigenvalue weighted by Gasteiger charge is -2.23. The Labute approximate surface area is 116 Å². The zero-order valence-corrected chi connectivity index (χ0v) is 12.9. The summed E-state index contributed by atoms with van der Waals surface area (Å²) in [6.07, 6.45) is 4.76. The molecule has 1 aromatic rings. The molecule has 0 fully saturated rings. The van der Waals surface area contributed by atoms with Crippen LogP contribution in [0.4, 0.5) is 0 Å². The van der Waals surface area contributed by atoms with Crippen LogP contribution in [-0.2, 0) is 13.0 Å². The van der Waals surface area contributed by atoms with Gasteiger partial charge in [0.05, 0.1) is 0 Å². The normalized spacial score (nSPS) is 12.0. The van der Waals surface area contributed by atoms with Crippen LogP contribution in [-0.4, -0.2) is 13.1 Å². The minimum atomic E-state index is 0.398. The Morgan fingerprint density at radius 3 is 2.56 bits per heavy atom. The number of nitrogens with one attached hydrogen (secondary N) is 1. The molecule has 0 saturated heterocycles. The van der Waals surface area contributed by atoms with Crippen molar-refractivity contribution in [2.75, 3.05) is 13.1 Å². The van der Waals surface area contributed by atoms with E-state index in [9.17, 15) is 0 Å². The molecule has 0 aliphatic carbocycles. The number of nitrogens with two attached hydrogens (primary N) is 1. The fourth-order valence-corrected chi connectivity index (χ4v) is 3.05. The van der Waals surface area contributed by atoms with Crippen molar-refractivity contribution in [3.63, 3.8) is 0 Å². The van der Waals surface area contributed by atoms with E-state index in [1.165, 1.54) is 22.6 Å². The molecular formula is C15H28N2S. The number of hydrogen-bond donors (Lipinski definition) is 2. The number of rotatable bonds is 9. The summed E-state index contributed by atoms with van der Waals surface area (Å²) in [7, 11) is 0. The van der Waals surface area contributed by atoms with Gasteiger partial charge in [0.25, 0.3) is 0 Å². The molecule has 2 nitrogen and oxygen atoms in total. The van der Waals surface area contributed by atoms with Gasteiger partial charge in [-0.15, -0.1) is 11.3 Å². The van der Waals surface area contributed by atoms with Crippen molar-refractivity contribution in [1.29, 1.82) is 0 Å². The molecule has 0 amide bonds. The Morgan fingerprint density at radius 2 is 1.94 bits per heavy atom. The van der Waals surface area contributed by atoms with Gasteiger partial charge < -0.3 is 11.1 Å². The van der Waals surface area contributed by atoms with Gasteiger partial charge in [-0.3, -0.25) is 0 Å². The van der Waals surface area contributed by atoms with Gasteiger partial charge in [0.2, 0.25) is 0 Å². The Morgan fingerprint density at radius 1 is 1.22 bits per heavy atom. The Kier molecular flexibility index (Phi) is 6.90. The van der Waals surface area contributed by atoms with Gasteiger partial charge in [0.15, 0.2) is 0 Å². The maximum Gasteiger partial charge on any atom is 0.0299 e. The average molecular weight is 268 g/mol. The van der Waals surface area contributed by atoms with E-state index in [-0.39, 0.29) is 0 Å².